The van der Waals surface area contributed by atoms with Gasteiger partial charge in [0.05, 0.1) is 0 Å². The van der Waals surface area contributed by atoms with E-state index in [1.54, 1.807) is 6.07 Å². The van der Waals surface area contributed by atoms with Crippen LogP contribution in [0.3, 0.4) is 0 Å². The average Bonchev–Trinajstić information content (AvgIpc) is 3.11. The number of hydrogen-bond acceptors (Lipinski definition) is 4. The molecule has 1 aliphatic carbocycles. The van der Waals surface area contributed by atoms with Crippen molar-refractivity contribution in [2.75, 3.05) is 11.6 Å². The van der Waals surface area contributed by atoms with Gasteiger partial charge in [0.25, 0.3) is 0 Å². The minimum atomic E-state index is 0.503. The maximum atomic E-state index is 5.97. The quantitative estimate of drug-likeness (QED) is 0.485. The van der Waals surface area contributed by atoms with E-state index in [1.807, 2.05) is 6.26 Å². The standard InChI is InChI=1S/C12H18ClN3S/c1-3-9(6-8-4-5-8)14-11-7-10(13)15-12(16-11)17-2/h7-9H,3-6H2,1-2H3,(H,14,15,16). The first-order valence-corrected chi connectivity index (χ1v) is 7.66. The molecule has 1 aromatic rings. The van der Waals surface area contributed by atoms with Gasteiger partial charge in [0.15, 0.2) is 5.16 Å². The fraction of sp³-hybridized carbons (Fsp3) is 0.667. The number of nitrogens with zero attached hydrogens (tertiary/aromatic N) is 2. The van der Waals surface area contributed by atoms with Crippen LogP contribution in [0.2, 0.25) is 5.15 Å². The van der Waals surface area contributed by atoms with E-state index in [1.165, 1.54) is 31.0 Å². The van der Waals surface area contributed by atoms with Crippen LogP contribution in [0, 0.1) is 5.92 Å². The molecule has 1 unspecified atom stereocenters. The molecule has 1 heterocycles. The van der Waals surface area contributed by atoms with Crippen molar-refractivity contribution < 1.29 is 0 Å². The highest BCUT2D eigenvalue weighted by molar-refractivity contribution is 7.98. The molecular formula is C12H18ClN3S. The Morgan fingerprint density at radius 1 is 1.53 bits per heavy atom. The molecule has 0 saturated heterocycles. The third-order valence-electron chi connectivity index (χ3n) is 3.02. The van der Waals surface area contributed by atoms with Gasteiger partial charge in [-0.1, -0.05) is 43.1 Å². The van der Waals surface area contributed by atoms with E-state index >= 15 is 0 Å². The van der Waals surface area contributed by atoms with Gasteiger partial charge in [-0.2, -0.15) is 0 Å². The number of rotatable bonds is 6. The first-order valence-electron chi connectivity index (χ1n) is 6.06. The second-order valence-corrected chi connectivity index (χ2v) is 5.65. The highest BCUT2D eigenvalue weighted by atomic mass is 35.5. The number of halogens is 1. The van der Waals surface area contributed by atoms with Gasteiger partial charge in [0.2, 0.25) is 0 Å². The van der Waals surface area contributed by atoms with Crippen molar-refractivity contribution in [1.82, 2.24) is 9.97 Å². The van der Waals surface area contributed by atoms with E-state index < -0.39 is 0 Å². The minimum Gasteiger partial charge on any atom is -0.367 e. The molecular weight excluding hydrogens is 254 g/mol. The molecule has 17 heavy (non-hydrogen) atoms. The summed E-state index contributed by atoms with van der Waals surface area (Å²) >= 11 is 7.48. The van der Waals surface area contributed by atoms with Crippen LogP contribution < -0.4 is 5.32 Å². The summed E-state index contributed by atoms with van der Waals surface area (Å²) in [5, 5.41) is 4.70. The van der Waals surface area contributed by atoms with Gasteiger partial charge in [0.1, 0.15) is 11.0 Å². The van der Waals surface area contributed by atoms with Crippen LogP contribution in [-0.2, 0) is 0 Å². The molecule has 2 rings (SSSR count). The van der Waals surface area contributed by atoms with E-state index in [2.05, 4.69) is 22.2 Å². The molecule has 0 spiro atoms. The smallest absolute Gasteiger partial charge is 0.190 e. The zero-order valence-electron chi connectivity index (χ0n) is 10.2. The molecule has 1 N–H and O–H groups in total. The molecule has 0 aromatic carbocycles. The zero-order valence-corrected chi connectivity index (χ0v) is 11.8. The summed E-state index contributed by atoms with van der Waals surface area (Å²) in [5.74, 6) is 1.77. The van der Waals surface area contributed by atoms with Crippen molar-refractivity contribution in [3.8, 4) is 0 Å². The zero-order chi connectivity index (χ0) is 12.3. The summed E-state index contributed by atoms with van der Waals surface area (Å²) in [6.07, 6.45) is 7.09. The van der Waals surface area contributed by atoms with E-state index in [0.717, 1.165) is 23.3 Å². The molecule has 1 fully saturated rings. The van der Waals surface area contributed by atoms with Gasteiger partial charge in [-0.25, -0.2) is 9.97 Å². The minimum absolute atomic E-state index is 0.503. The van der Waals surface area contributed by atoms with Crippen molar-refractivity contribution in [1.29, 1.82) is 0 Å². The van der Waals surface area contributed by atoms with Crippen LogP contribution in [0.4, 0.5) is 5.82 Å². The first kappa shape index (κ1) is 13.0. The van der Waals surface area contributed by atoms with Gasteiger partial charge < -0.3 is 5.32 Å². The van der Waals surface area contributed by atoms with E-state index in [9.17, 15) is 0 Å². The predicted molar refractivity (Wildman–Crippen MR) is 73.9 cm³/mol. The normalized spacial score (nSPS) is 16.9. The van der Waals surface area contributed by atoms with Crippen molar-refractivity contribution >= 4 is 29.2 Å². The maximum absolute atomic E-state index is 5.97. The SMILES string of the molecule is CCC(CC1CC1)Nc1cc(Cl)nc(SC)n1. The van der Waals surface area contributed by atoms with Gasteiger partial charge in [-0.3, -0.25) is 0 Å². The third-order valence-corrected chi connectivity index (χ3v) is 3.76. The third kappa shape index (κ3) is 4.03. The lowest BCUT2D eigenvalue weighted by Crippen LogP contribution is -2.20. The van der Waals surface area contributed by atoms with Crippen LogP contribution in [0.15, 0.2) is 11.2 Å². The monoisotopic (exact) mass is 271 g/mol. The van der Waals surface area contributed by atoms with Crippen LogP contribution in [0.5, 0.6) is 0 Å². The van der Waals surface area contributed by atoms with Crippen LogP contribution in [-0.4, -0.2) is 22.3 Å². The van der Waals surface area contributed by atoms with Crippen molar-refractivity contribution in [2.45, 2.75) is 43.8 Å². The summed E-state index contributed by atoms with van der Waals surface area (Å²) in [7, 11) is 0. The molecule has 1 aromatic heterocycles. The van der Waals surface area contributed by atoms with E-state index in [0.29, 0.717) is 11.2 Å². The van der Waals surface area contributed by atoms with Crippen LogP contribution in [0.25, 0.3) is 0 Å². The summed E-state index contributed by atoms with van der Waals surface area (Å²) in [6, 6.07) is 2.31. The summed E-state index contributed by atoms with van der Waals surface area (Å²) in [6.45, 7) is 2.21. The van der Waals surface area contributed by atoms with Crippen LogP contribution in [0.1, 0.15) is 32.6 Å². The molecule has 0 bridgehead atoms. The molecule has 0 amide bonds. The number of hydrogen-bond donors (Lipinski definition) is 1. The Bertz CT molecular complexity index is 382. The molecule has 0 aliphatic heterocycles. The summed E-state index contributed by atoms with van der Waals surface area (Å²) < 4.78 is 0. The van der Waals surface area contributed by atoms with Crippen molar-refractivity contribution in [2.24, 2.45) is 5.92 Å². The van der Waals surface area contributed by atoms with Gasteiger partial charge in [0, 0.05) is 12.1 Å². The Morgan fingerprint density at radius 2 is 2.29 bits per heavy atom. The molecule has 5 heteroatoms. The van der Waals surface area contributed by atoms with E-state index in [4.69, 9.17) is 11.6 Å². The fourth-order valence-electron chi connectivity index (χ4n) is 1.85. The first-order chi connectivity index (χ1) is 8.21. The number of aromatic nitrogens is 2. The van der Waals surface area contributed by atoms with Crippen molar-refractivity contribution in [3.63, 3.8) is 0 Å². The Balaban J connectivity index is 2.01. The number of nitrogens with one attached hydrogen (secondary N) is 1. The Hall–Kier alpha value is -0.480. The largest absolute Gasteiger partial charge is 0.367 e. The molecule has 3 nitrogen and oxygen atoms in total. The molecule has 1 aliphatic rings. The Kier molecular flexibility index (Phi) is 4.51. The molecule has 1 atom stereocenters. The number of anilines is 1. The second-order valence-electron chi connectivity index (χ2n) is 4.49. The Morgan fingerprint density at radius 3 is 2.88 bits per heavy atom. The highest BCUT2D eigenvalue weighted by Gasteiger charge is 2.24. The topological polar surface area (TPSA) is 37.8 Å². The van der Waals surface area contributed by atoms with E-state index in [-0.39, 0.29) is 0 Å². The molecule has 0 radical (unpaired) electrons. The highest BCUT2D eigenvalue weighted by Crippen LogP contribution is 2.34. The van der Waals surface area contributed by atoms with Gasteiger partial charge >= 0.3 is 0 Å². The maximum Gasteiger partial charge on any atom is 0.190 e. The second kappa shape index (κ2) is 5.91. The summed E-state index contributed by atoms with van der Waals surface area (Å²) in [4.78, 5) is 8.56. The average molecular weight is 272 g/mol. The van der Waals surface area contributed by atoms with Crippen molar-refractivity contribution in [3.05, 3.63) is 11.2 Å². The Labute approximate surface area is 112 Å². The van der Waals surface area contributed by atoms with Gasteiger partial charge in [-0.15, -0.1) is 0 Å². The lowest BCUT2D eigenvalue weighted by molar-refractivity contribution is 0.584. The fourth-order valence-corrected chi connectivity index (χ4v) is 2.47. The van der Waals surface area contributed by atoms with Gasteiger partial charge in [-0.05, 0) is 25.0 Å². The summed E-state index contributed by atoms with van der Waals surface area (Å²) in [5.41, 5.74) is 0. The van der Waals surface area contributed by atoms with Crippen LogP contribution >= 0.6 is 23.4 Å². The molecule has 1 saturated carbocycles. The number of thioether (sulfide) groups is 1. The predicted octanol–water partition coefficient (Wildman–Crippen LogP) is 3.84. The molecule has 94 valence electrons. The lowest BCUT2D eigenvalue weighted by Gasteiger charge is -2.17. The lowest BCUT2D eigenvalue weighted by atomic mass is 10.1.